The zero-order valence-electron chi connectivity index (χ0n) is 9.03. The first-order valence-electron chi connectivity index (χ1n) is 5.06. The lowest BCUT2D eigenvalue weighted by molar-refractivity contribution is -0.117. The van der Waals surface area contributed by atoms with Crippen molar-refractivity contribution in [3.63, 3.8) is 0 Å². The number of H-pyrrole nitrogens is 1. The third-order valence-corrected chi connectivity index (χ3v) is 2.40. The van der Waals surface area contributed by atoms with Crippen LogP contribution in [0.1, 0.15) is 17.7 Å². The van der Waals surface area contributed by atoms with E-state index in [0.29, 0.717) is 0 Å². The Morgan fingerprint density at radius 3 is 3.12 bits per heavy atom. The fourth-order valence-electron chi connectivity index (χ4n) is 1.58. The number of aromatic nitrogens is 2. The fourth-order valence-corrected chi connectivity index (χ4v) is 1.58. The highest BCUT2D eigenvalue weighted by molar-refractivity contribution is 5.83. The number of nitrogens with one attached hydrogen (secondary N) is 1. The molecular formula is C12H13N3O. The second-order valence-corrected chi connectivity index (χ2v) is 3.70. The van der Waals surface area contributed by atoms with Crippen molar-refractivity contribution >= 4 is 22.9 Å². The number of carbonyl (C=O) groups excluding carboxylic acids is 1. The molecule has 0 spiro atoms. The molecule has 1 amide bonds. The van der Waals surface area contributed by atoms with Gasteiger partial charge >= 0.3 is 0 Å². The van der Waals surface area contributed by atoms with Crippen molar-refractivity contribution in [3.8, 4) is 0 Å². The molecular weight excluding hydrogens is 202 g/mol. The van der Waals surface area contributed by atoms with Crippen molar-refractivity contribution in [2.75, 3.05) is 0 Å². The Balaban J connectivity index is 2.26. The number of nitrogens with zero attached hydrogens (tertiary/aromatic N) is 1. The molecule has 1 heterocycles. The number of hydrogen-bond donors (Lipinski definition) is 2. The molecule has 0 radical (unpaired) electrons. The van der Waals surface area contributed by atoms with Gasteiger partial charge in [0.1, 0.15) is 0 Å². The minimum absolute atomic E-state index is 0.262. The maximum atomic E-state index is 10.6. The number of aryl methyl sites for hydroxylation is 1. The third kappa shape index (κ3) is 2.11. The van der Waals surface area contributed by atoms with Crippen molar-refractivity contribution in [1.29, 1.82) is 0 Å². The number of amides is 1. The second-order valence-electron chi connectivity index (χ2n) is 3.70. The molecule has 0 saturated heterocycles. The van der Waals surface area contributed by atoms with Crippen molar-refractivity contribution in [3.05, 3.63) is 35.5 Å². The fraction of sp³-hybridized carbons (Fsp3) is 0.167. The summed E-state index contributed by atoms with van der Waals surface area (Å²) < 4.78 is 0. The van der Waals surface area contributed by atoms with Crippen LogP contribution < -0.4 is 5.73 Å². The van der Waals surface area contributed by atoms with E-state index in [4.69, 9.17) is 5.73 Å². The number of primary amides is 1. The summed E-state index contributed by atoms with van der Waals surface area (Å²) in [6.07, 6.45) is 3.88. The molecule has 82 valence electrons. The molecule has 0 aliphatic heterocycles. The molecule has 0 atom stereocenters. The highest BCUT2D eigenvalue weighted by Gasteiger charge is 2.00. The van der Waals surface area contributed by atoms with Crippen LogP contribution in [0.3, 0.4) is 0 Å². The Hall–Kier alpha value is -2.10. The Bertz CT molecular complexity index is 554. The summed E-state index contributed by atoms with van der Waals surface area (Å²) in [6.45, 7) is 1.98. The summed E-state index contributed by atoms with van der Waals surface area (Å²) in [7, 11) is 0. The molecule has 1 aromatic carbocycles. The van der Waals surface area contributed by atoms with Crippen molar-refractivity contribution in [2.45, 2.75) is 13.3 Å². The number of rotatable bonds is 3. The van der Waals surface area contributed by atoms with Gasteiger partial charge in [-0.05, 0) is 18.6 Å². The smallest absolute Gasteiger partial charge is 0.221 e. The second kappa shape index (κ2) is 4.18. The van der Waals surface area contributed by atoms with Gasteiger partial charge in [-0.1, -0.05) is 24.3 Å². The molecule has 0 aliphatic carbocycles. The van der Waals surface area contributed by atoms with Crippen LogP contribution in [0.25, 0.3) is 17.0 Å². The van der Waals surface area contributed by atoms with E-state index in [1.165, 1.54) is 0 Å². The van der Waals surface area contributed by atoms with Gasteiger partial charge in [0.25, 0.3) is 0 Å². The van der Waals surface area contributed by atoms with E-state index in [-0.39, 0.29) is 12.3 Å². The zero-order chi connectivity index (χ0) is 11.5. The monoisotopic (exact) mass is 215 g/mol. The summed E-state index contributed by atoms with van der Waals surface area (Å²) in [6, 6.07) is 5.97. The Morgan fingerprint density at radius 2 is 2.38 bits per heavy atom. The SMILES string of the molecule is Cc1[nH]nc2cc(C=CCC(N)=O)ccc12. The van der Waals surface area contributed by atoms with Crippen LogP contribution in [-0.2, 0) is 4.79 Å². The van der Waals surface area contributed by atoms with Gasteiger partial charge in [0.15, 0.2) is 0 Å². The van der Waals surface area contributed by atoms with Crippen LogP contribution >= 0.6 is 0 Å². The first-order chi connectivity index (χ1) is 7.66. The Kier molecular flexibility index (Phi) is 2.72. The summed E-state index contributed by atoms with van der Waals surface area (Å²) in [5.41, 5.74) is 8.04. The number of benzene rings is 1. The van der Waals surface area contributed by atoms with E-state index >= 15 is 0 Å². The number of carbonyl (C=O) groups is 1. The molecule has 3 N–H and O–H groups in total. The molecule has 0 aliphatic rings. The molecule has 16 heavy (non-hydrogen) atoms. The highest BCUT2D eigenvalue weighted by atomic mass is 16.1. The van der Waals surface area contributed by atoms with E-state index in [1.54, 1.807) is 6.08 Å². The van der Waals surface area contributed by atoms with Crippen molar-refractivity contribution in [2.24, 2.45) is 5.73 Å². The maximum absolute atomic E-state index is 10.6. The zero-order valence-corrected chi connectivity index (χ0v) is 9.03. The molecule has 0 fully saturated rings. The lowest BCUT2D eigenvalue weighted by atomic mass is 10.1. The van der Waals surface area contributed by atoms with Crippen LogP contribution in [0.5, 0.6) is 0 Å². The van der Waals surface area contributed by atoms with Crippen LogP contribution in [0.4, 0.5) is 0 Å². The van der Waals surface area contributed by atoms with Gasteiger partial charge in [0, 0.05) is 17.5 Å². The van der Waals surface area contributed by atoms with E-state index < -0.39 is 0 Å². The van der Waals surface area contributed by atoms with Gasteiger partial charge in [-0.3, -0.25) is 9.89 Å². The molecule has 1 aromatic heterocycles. The first-order valence-corrected chi connectivity index (χ1v) is 5.06. The molecule has 4 nitrogen and oxygen atoms in total. The van der Waals surface area contributed by atoms with Crippen molar-refractivity contribution < 1.29 is 4.79 Å². The molecule has 0 saturated carbocycles. The van der Waals surface area contributed by atoms with Gasteiger partial charge in [0.05, 0.1) is 5.52 Å². The van der Waals surface area contributed by atoms with Gasteiger partial charge in [-0.25, -0.2) is 0 Å². The van der Waals surface area contributed by atoms with Crippen molar-refractivity contribution in [1.82, 2.24) is 10.2 Å². The van der Waals surface area contributed by atoms with Gasteiger partial charge < -0.3 is 5.73 Å². The molecule has 2 rings (SSSR count). The number of nitrogens with two attached hydrogens (primary N) is 1. The van der Waals surface area contributed by atoms with E-state index in [9.17, 15) is 4.79 Å². The summed E-state index contributed by atoms with van der Waals surface area (Å²) in [5.74, 6) is -0.326. The predicted molar refractivity (Wildman–Crippen MR) is 63.7 cm³/mol. The Labute approximate surface area is 93.1 Å². The van der Waals surface area contributed by atoms with Crippen LogP contribution in [-0.4, -0.2) is 16.1 Å². The van der Waals surface area contributed by atoms with Gasteiger partial charge in [-0.15, -0.1) is 0 Å². The van der Waals surface area contributed by atoms with Crippen LogP contribution in [0.15, 0.2) is 24.3 Å². The normalized spacial score (nSPS) is 11.3. The number of fused-ring (bicyclic) bond motifs is 1. The lowest BCUT2D eigenvalue weighted by Gasteiger charge is -1.93. The minimum Gasteiger partial charge on any atom is -0.369 e. The van der Waals surface area contributed by atoms with E-state index in [1.807, 2.05) is 31.2 Å². The molecule has 2 aromatic rings. The topological polar surface area (TPSA) is 71.8 Å². The third-order valence-electron chi connectivity index (χ3n) is 2.40. The quantitative estimate of drug-likeness (QED) is 0.818. The number of hydrogen-bond acceptors (Lipinski definition) is 2. The van der Waals surface area contributed by atoms with Crippen LogP contribution in [0, 0.1) is 6.92 Å². The summed E-state index contributed by atoms with van der Waals surface area (Å²) in [4.78, 5) is 10.6. The summed E-state index contributed by atoms with van der Waals surface area (Å²) >= 11 is 0. The first kappa shape index (κ1) is 10.4. The van der Waals surface area contributed by atoms with E-state index in [2.05, 4.69) is 10.2 Å². The minimum atomic E-state index is -0.326. The van der Waals surface area contributed by atoms with E-state index in [0.717, 1.165) is 22.2 Å². The molecule has 4 heteroatoms. The lowest BCUT2D eigenvalue weighted by Crippen LogP contribution is -2.07. The molecule has 0 bridgehead atoms. The Morgan fingerprint density at radius 1 is 1.56 bits per heavy atom. The number of aromatic amines is 1. The predicted octanol–water partition coefficient (Wildman–Crippen LogP) is 1.76. The summed E-state index contributed by atoms with van der Waals surface area (Å²) in [5, 5.41) is 8.22. The largest absolute Gasteiger partial charge is 0.369 e. The maximum Gasteiger partial charge on any atom is 0.221 e. The van der Waals surface area contributed by atoms with Gasteiger partial charge in [0.2, 0.25) is 5.91 Å². The van der Waals surface area contributed by atoms with Crippen LogP contribution in [0.2, 0.25) is 0 Å². The molecule has 0 unspecified atom stereocenters. The van der Waals surface area contributed by atoms with Gasteiger partial charge in [-0.2, -0.15) is 5.10 Å². The highest BCUT2D eigenvalue weighted by Crippen LogP contribution is 2.17. The standard InChI is InChI=1S/C12H13N3O/c1-8-10-6-5-9(3-2-4-12(13)16)7-11(10)15-14-8/h2-3,5-7H,4H2,1H3,(H2,13,16)(H,14,15). The average Bonchev–Trinajstić information content (AvgIpc) is 2.60. The average molecular weight is 215 g/mol.